The summed E-state index contributed by atoms with van der Waals surface area (Å²) >= 11 is 7.42. The summed E-state index contributed by atoms with van der Waals surface area (Å²) in [5.41, 5.74) is 4.44. The van der Waals surface area contributed by atoms with Gasteiger partial charge in [0.15, 0.2) is 5.16 Å². The van der Waals surface area contributed by atoms with Crippen molar-refractivity contribution in [3.63, 3.8) is 0 Å². The van der Waals surface area contributed by atoms with Crippen molar-refractivity contribution in [1.82, 2.24) is 14.8 Å². The molecule has 1 aromatic heterocycles. The number of fused-ring (bicyclic) bond motifs is 1. The molecule has 4 rings (SSSR count). The second-order valence-corrected chi connectivity index (χ2v) is 7.83. The highest BCUT2D eigenvalue weighted by Crippen LogP contribution is 2.28. The largest absolute Gasteiger partial charge is 0.325 e. The van der Waals surface area contributed by atoms with E-state index in [9.17, 15) is 4.79 Å². The van der Waals surface area contributed by atoms with Crippen LogP contribution in [0, 0.1) is 0 Å². The lowest BCUT2D eigenvalue weighted by Gasteiger charge is -2.19. The summed E-state index contributed by atoms with van der Waals surface area (Å²) in [6.07, 6.45) is 6.15. The molecular weight excluding hydrogens is 380 g/mol. The molecule has 0 spiro atoms. The van der Waals surface area contributed by atoms with Gasteiger partial charge in [-0.1, -0.05) is 41.6 Å². The third-order valence-electron chi connectivity index (χ3n) is 4.61. The van der Waals surface area contributed by atoms with E-state index in [-0.39, 0.29) is 11.7 Å². The van der Waals surface area contributed by atoms with E-state index in [0.717, 1.165) is 24.2 Å². The van der Waals surface area contributed by atoms with Gasteiger partial charge in [0, 0.05) is 10.7 Å². The van der Waals surface area contributed by atoms with Gasteiger partial charge in [-0.2, -0.15) is 0 Å². The van der Waals surface area contributed by atoms with Gasteiger partial charge >= 0.3 is 0 Å². The van der Waals surface area contributed by atoms with Crippen LogP contribution >= 0.6 is 23.4 Å². The standard InChI is InChI=1S/C20H19ClN4OS/c21-15-7-4-8-16(11-15)25-13-22-24-20(25)27-12-19(26)23-18-10-3-6-14-5-1-2-9-17(14)18/h3-4,6-8,10-11,13H,1-2,5,9,12H2,(H,23,26). The average Bonchev–Trinajstić information content (AvgIpc) is 3.15. The maximum absolute atomic E-state index is 12.5. The lowest BCUT2D eigenvalue weighted by atomic mass is 9.90. The quantitative estimate of drug-likeness (QED) is 0.641. The maximum atomic E-state index is 12.5. The Kier molecular flexibility index (Phi) is 5.45. The summed E-state index contributed by atoms with van der Waals surface area (Å²) in [5.74, 6) is 0.225. The Labute approximate surface area is 167 Å². The Morgan fingerprint density at radius 1 is 1.19 bits per heavy atom. The van der Waals surface area contributed by atoms with Gasteiger partial charge in [-0.15, -0.1) is 10.2 Å². The van der Waals surface area contributed by atoms with Gasteiger partial charge in [0.25, 0.3) is 0 Å². The van der Waals surface area contributed by atoms with Gasteiger partial charge in [0.2, 0.25) is 5.91 Å². The van der Waals surface area contributed by atoms with Crippen LogP contribution in [0.5, 0.6) is 0 Å². The van der Waals surface area contributed by atoms with E-state index in [1.54, 1.807) is 6.33 Å². The van der Waals surface area contributed by atoms with E-state index in [0.29, 0.717) is 10.2 Å². The van der Waals surface area contributed by atoms with Gasteiger partial charge in [-0.25, -0.2) is 0 Å². The van der Waals surface area contributed by atoms with Crippen LogP contribution in [0.1, 0.15) is 24.0 Å². The Morgan fingerprint density at radius 2 is 2.04 bits per heavy atom. The highest BCUT2D eigenvalue weighted by atomic mass is 35.5. The first kappa shape index (κ1) is 18.1. The smallest absolute Gasteiger partial charge is 0.234 e. The first-order chi connectivity index (χ1) is 13.2. The summed E-state index contributed by atoms with van der Waals surface area (Å²) in [4.78, 5) is 12.5. The predicted molar refractivity (Wildman–Crippen MR) is 109 cm³/mol. The molecule has 0 atom stereocenters. The Bertz CT molecular complexity index is 972. The number of halogens is 1. The summed E-state index contributed by atoms with van der Waals surface area (Å²) in [6.45, 7) is 0. The molecule has 27 heavy (non-hydrogen) atoms. The zero-order chi connectivity index (χ0) is 18.6. The number of aromatic nitrogens is 3. The molecular formula is C20H19ClN4OS. The van der Waals surface area contributed by atoms with E-state index in [1.165, 1.54) is 35.7 Å². The summed E-state index contributed by atoms with van der Waals surface area (Å²) in [6, 6.07) is 13.6. The van der Waals surface area contributed by atoms with Crippen LogP contribution in [-0.4, -0.2) is 26.4 Å². The van der Waals surface area contributed by atoms with Crippen molar-refractivity contribution in [2.45, 2.75) is 30.8 Å². The average molecular weight is 399 g/mol. The van der Waals surface area contributed by atoms with Gasteiger partial charge in [0.05, 0.1) is 11.4 Å². The summed E-state index contributed by atoms with van der Waals surface area (Å²) < 4.78 is 1.83. The van der Waals surface area contributed by atoms with E-state index >= 15 is 0 Å². The maximum Gasteiger partial charge on any atom is 0.234 e. The summed E-state index contributed by atoms with van der Waals surface area (Å²) in [5, 5.41) is 12.4. The molecule has 0 aliphatic heterocycles. The highest BCUT2D eigenvalue weighted by Gasteiger charge is 2.15. The predicted octanol–water partition coefficient (Wildman–Crippen LogP) is 4.53. The lowest BCUT2D eigenvalue weighted by Crippen LogP contribution is -2.17. The molecule has 1 heterocycles. The fraction of sp³-hybridized carbons (Fsp3) is 0.250. The molecule has 1 aliphatic rings. The summed E-state index contributed by atoms with van der Waals surface area (Å²) in [7, 11) is 0. The molecule has 1 aliphatic carbocycles. The second-order valence-electron chi connectivity index (χ2n) is 6.45. The number of rotatable bonds is 5. The van der Waals surface area contributed by atoms with Gasteiger partial charge in [0.1, 0.15) is 6.33 Å². The number of carbonyl (C=O) groups excluding carboxylic acids is 1. The van der Waals surface area contributed by atoms with Crippen molar-refractivity contribution in [1.29, 1.82) is 0 Å². The van der Waals surface area contributed by atoms with Crippen LogP contribution in [0.3, 0.4) is 0 Å². The number of benzene rings is 2. The molecule has 1 amide bonds. The molecule has 0 radical (unpaired) electrons. The van der Waals surface area contributed by atoms with Crippen molar-refractivity contribution in [3.8, 4) is 5.69 Å². The zero-order valence-electron chi connectivity index (χ0n) is 14.7. The number of carbonyl (C=O) groups is 1. The van der Waals surface area contributed by atoms with Crippen molar-refractivity contribution < 1.29 is 4.79 Å². The minimum atomic E-state index is -0.0420. The number of nitrogens with one attached hydrogen (secondary N) is 1. The molecule has 0 unspecified atom stereocenters. The first-order valence-corrected chi connectivity index (χ1v) is 10.3. The van der Waals surface area contributed by atoms with Crippen LogP contribution in [0.2, 0.25) is 5.02 Å². The fourth-order valence-corrected chi connectivity index (χ4v) is 4.25. The first-order valence-electron chi connectivity index (χ1n) is 8.90. The molecule has 0 saturated carbocycles. The van der Waals surface area contributed by atoms with Gasteiger partial charge in [-0.3, -0.25) is 9.36 Å². The molecule has 0 bridgehead atoms. The minimum Gasteiger partial charge on any atom is -0.325 e. The molecule has 2 aromatic carbocycles. The van der Waals surface area contributed by atoms with Crippen molar-refractivity contribution >= 4 is 35.0 Å². The van der Waals surface area contributed by atoms with Crippen LogP contribution in [0.25, 0.3) is 5.69 Å². The number of thioether (sulfide) groups is 1. The SMILES string of the molecule is O=C(CSc1nncn1-c1cccc(Cl)c1)Nc1cccc2c1CCCC2. The van der Waals surface area contributed by atoms with Crippen molar-refractivity contribution in [2.75, 3.05) is 11.1 Å². The van der Waals surface area contributed by atoms with E-state index in [4.69, 9.17) is 11.6 Å². The molecule has 1 N–H and O–H groups in total. The Hall–Kier alpha value is -2.31. The molecule has 0 saturated heterocycles. The van der Waals surface area contributed by atoms with E-state index in [2.05, 4.69) is 21.6 Å². The molecule has 5 nitrogen and oxygen atoms in total. The van der Waals surface area contributed by atoms with E-state index in [1.807, 2.05) is 41.0 Å². The van der Waals surface area contributed by atoms with E-state index < -0.39 is 0 Å². The van der Waals surface area contributed by atoms with Gasteiger partial charge in [-0.05, 0) is 61.1 Å². The number of hydrogen-bond acceptors (Lipinski definition) is 4. The van der Waals surface area contributed by atoms with Gasteiger partial charge < -0.3 is 5.32 Å². The third kappa shape index (κ3) is 4.17. The Balaban J connectivity index is 1.43. The minimum absolute atomic E-state index is 0.0420. The fourth-order valence-electron chi connectivity index (χ4n) is 3.34. The molecule has 0 fully saturated rings. The lowest BCUT2D eigenvalue weighted by molar-refractivity contribution is -0.113. The monoisotopic (exact) mass is 398 g/mol. The number of hydrogen-bond donors (Lipinski definition) is 1. The van der Waals surface area contributed by atoms with Crippen LogP contribution in [-0.2, 0) is 17.6 Å². The van der Waals surface area contributed by atoms with Crippen molar-refractivity contribution in [2.24, 2.45) is 0 Å². The number of nitrogens with zero attached hydrogens (tertiary/aromatic N) is 3. The zero-order valence-corrected chi connectivity index (χ0v) is 16.3. The normalized spacial score (nSPS) is 13.2. The Morgan fingerprint density at radius 3 is 2.93 bits per heavy atom. The highest BCUT2D eigenvalue weighted by molar-refractivity contribution is 7.99. The van der Waals surface area contributed by atoms with Crippen LogP contribution < -0.4 is 5.32 Å². The number of aryl methyl sites for hydroxylation is 1. The number of anilines is 1. The van der Waals surface area contributed by atoms with Crippen molar-refractivity contribution in [3.05, 3.63) is 64.9 Å². The van der Waals surface area contributed by atoms with Crippen LogP contribution in [0.15, 0.2) is 53.9 Å². The second kappa shape index (κ2) is 8.15. The third-order valence-corrected chi connectivity index (χ3v) is 5.78. The molecule has 3 aromatic rings. The number of amides is 1. The van der Waals surface area contributed by atoms with Crippen LogP contribution in [0.4, 0.5) is 5.69 Å². The topological polar surface area (TPSA) is 59.8 Å². The molecule has 7 heteroatoms. The molecule has 138 valence electrons.